The number of nitrogens with one attached hydrogen (secondary N) is 1. The fourth-order valence-electron chi connectivity index (χ4n) is 1.89. The molecule has 1 aromatic carbocycles. The lowest BCUT2D eigenvalue weighted by Crippen LogP contribution is -2.18. The molecule has 0 fully saturated rings. The highest BCUT2D eigenvalue weighted by Crippen LogP contribution is 2.29. The summed E-state index contributed by atoms with van der Waals surface area (Å²) in [5.74, 6) is 1.70. The van der Waals surface area contributed by atoms with Crippen molar-refractivity contribution in [3.8, 4) is 11.5 Å². The molecule has 0 bridgehead atoms. The first-order valence-electron chi connectivity index (χ1n) is 5.84. The van der Waals surface area contributed by atoms with Crippen molar-refractivity contribution in [3.63, 3.8) is 0 Å². The predicted octanol–water partition coefficient (Wildman–Crippen LogP) is 1.00. The first-order chi connectivity index (χ1) is 9.05. The molecule has 6 nitrogen and oxygen atoms in total. The molecule has 6 heteroatoms. The molecule has 0 amide bonds. The van der Waals surface area contributed by atoms with Crippen molar-refractivity contribution in [2.24, 2.45) is 0 Å². The molecule has 19 heavy (non-hydrogen) atoms. The molecule has 1 N–H and O–H groups in total. The normalized spacial score (nSPS) is 11.0. The van der Waals surface area contributed by atoms with Crippen LogP contribution in [0.3, 0.4) is 0 Å². The molecule has 0 aliphatic carbocycles. The third-order valence-corrected chi connectivity index (χ3v) is 2.73. The van der Waals surface area contributed by atoms with Crippen LogP contribution in [0.5, 0.6) is 11.5 Å². The van der Waals surface area contributed by atoms with E-state index < -0.39 is 0 Å². The van der Waals surface area contributed by atoms with Gasteiger partial charge in [0.2, 0.25) is 0 Å². The van der Waals surface area contributed by atoms with Crippen LogP contribution in [0.4, 0.5) is 0 Å². The zero-order valence-corrected chi connectivity index (χ0v) is 11.5. The topological polar surface area (TPSA) is 67.5 Å². The Labute approximate surface area is 111 Å². The van der Waals surface area contributed by atoms with E-state index in [1.807, 2.05) is 19.0 Å². The maximum absolute atomic E-state index is 12.0. The fraction of sp³-hybridized carbons (Fsp3) is 0.385. The number of methoxy groups -OCH3 is 2. The van der Waals surface area contributed by atoms with E-state index in [-0.39, 0.29) is 5.56 Å². The van der Waals surface area contributed by atoms with Gasteiger partial charge < -0.3 is 19.4 Å². The van der Waals surface area contributed by atoms with Crippen molar-refractivity contribution in [2.75, 3.05) is 28.3 Å². The van der Waals surface area contributed by atoms with Crippen LogP contribution >= 0.6 is 0 Å². The second kappa shape index (κ2) is 5.27. The molecule has 0 radical (unpaired) electrons. The molecule has 0 saturated heterocycles. The minimum atomic E-state index is -0.178. The highest BCUT2D eigenvalue weighted by Gasteiger charge is 2.11. The van der Waals surface area contributed by atoms with Crippen LogP contribution < -0.4 is 15.0 Å². The number of ether oxygens (including phenoxy) is 2. The van der Waals surface area contributed by atoms with Crippen molar-refractivity contribution in [2.45, 2.75) is 6.54 Å². The largest absolute Gasteiger partial charge is 0.493 e. The highest BCUT2D eigenvalue weighted by molar-refractivity contribution is 5.81. The van der Waals surface area contributed by atoms with Gasteiger partial charge in [-0.05, 0) is 20.2 Å². The molecular weight excluding hydrogens is 246 g/mol. The maximum atomic E-state index is 12.0. The minimum absolute atomic E-state index is 0.178. The molecule has 0 aliphatic heterocycles. The molecule has 2 aromatic rings. The van der Waals surface area contributed by atoms with Gasteiger partial charge in [-0.1, -0.05) is 0 Å². The van der Waals surface area contributed by atoms with Gasteiger partial charge in [0.15, 0.2) is 11.5 Å². The summed E-state index contributed by atoms with van der Waals surface area (Å²) in [6.45, 7) is 0.569. The lowest BCUT2D eigenvalue weighted by Gasteiger charge is -2.11. The summed E-state index contributed by atoms with van der Waals surface area (Å²) in [6.07, 6.45) is 0. The average molecular weight is 263 g/mol. The summed E-state index contributed by atoms with van der Waals surface area (Å²) in [4.78, 5) is 21.2. The van der Waals surface area contributed by atoms with Crippen molar-refractivity contribution < 1.29 is 9.47 Å². The Hall–Kier alpha value is -2.08. The SMILES string of the molecule is COc1cc2nc(CN(C)C)[nH]c(=O)c2cc1OC. The first kappa shape index (κ1) is 13.4. The van der Waals surface area contributed by atoms with Crippen LogP contribution in [-0.2, 0) is 6.54 Å². The fourth-order valence-corrected chi connectivity index (χ4v) is 1.89. The third-order valence-electron chi connectivity index (χ3n) is 2.73. The molecule has 0 aliphatic rings. The number of hydrogen-bond acceptors (Lipinski definition) is 5. The van der Waals surface area contributed by atoms with Crippen molar-refractivity contribution >= 4 is 10.9 Å². The standard InChI is InChI=1S/C13H17N3O3/c1-16(2)7-12-14-9-6-11(19-4)10(18-3)5-8(9)13(17)15-12/h5-6H,7H2,1-4H3,(H,14,15,17). The van der Waals surface area contributed by atoms with Gasteiger partial charge in [-0.3, -0.25) is 4.79 Å². The second-order valence-corrected chi connectivity index (χ2v) is 4.47. The Bertz CT molecular complexity index is 649. The van der Waals surface area contributed by atoms with Crippen LogP contribution in [0, 0.1) is 0 Å². The van der Waals surface area contributed by atoms with Crippen molar-refractivity contribution in [1.29, 1.82) is 0 Å². The lowest BCUT2D eigenvalue weighted by atomic mass is 10.2. The van der Waals surface area contributed by atoms with E-state index in [1.165, 1.54) is 7.11 Å². The molecule has 0 atom stereocenters. The van der Waals surface area contributed by atoms with Crippen molar-refractivity contribution in [3.05, 3.63) is 28.3 Å². The number of fused-ring (bicyclic) bond motifs is 1. The number of nitrogens with zero attached hydrogens (tertiary/aromatic N) is 2. The van der Waals surface area contributed by atoms with Gasteiger partial charge in [-0.2, -0.15) is 0 Å². The van der Waals surface area contributed by atoms with Gasteiger partial charge in [-0.25, -0.2) is 4.98 Å². The molecule has 1 aromatic heterocycles. The summed E-state index contributed by atoms with van der Waals surface area (Å²) >= 11 is 0. The number of aromatic amines is 1. The smallest absolute Gasteiger partial charge is 0.258 e. The van der Waals surface area contributed by atoms with E-state index >= 15 is 0 Å². The van der Waals surface area contributed by atoms with Gasteiger partial charge in [0, 0.05) is 6.07 Å². The first-order valence-corrected chi connectivity index (χ1v) is 5.84. The lowest BCUT2D eigenvalue weighted by molar-refractivity contribution is 0.355. The summed E-state index contributed by atoms with van der Waals surface area (Å²) in [6, 6.07) is 3.35. The quantitative estimate of drug-likeness (QED) is 0.891. The Kier molecular flexibility index (Phi) is 3.71. The van der Waals surface area contributed by atoms with Crippen LogP contribution in [0.25, 0.3) is 10.9 Å². The van der Waals surface area contributed by atoms with Crippen molar-refractivity contribution in [1.82, 2.24) is 14.9 Å². The van der Waals surface area contributed by atoms with E-state index in [2.05, 4.69) is 9.97 Å². The average Bonchev–Trinajstić information content (AvgIpc) is 2.36. The summed E-state index contributed by atoms with van der Waals surface area (Å²) < 4.78 is 10.4. The van der Waals surface area contributed by atoms with E-state index in [0.717, 1.165) is 0 Å². The number of hydrogen-bond donors (Lipinski definition) is 1. The molecular formula is C13H17N3O3. The van der Waals surface area contributed by atoms with Crippen LogP contribution in [0.15, 0.2) is 16.9 Å². The number of H-pyrrole nitrogens is 1. The molecule has 102 valence electrons. The summed E-state index contributed by atoms with van der Waals surface area (Å²) in [7, 11) is 6.92. The van der Waals surface area contributed by atoms with E-state index in [9.17, 15) is 4.79 Å². The van der Waals surface area contributed by atoms with Gasteiger partial charge >= 0.3 is 0 Å². The molecule has 0 unspecified atom stereocenters. The third kappa shape index (κ3) is 2.68. The monoisotopic (exact) mass is 263 g/mol. The maximum Gasteiger partial charge on any atom is 0.258 e. The zero-order valence-electron chi connectivity index (χ0n) is 11.5. The Morgan fingerprint density at radius 3 is 2.42 bits per heavy atom. The minimum Gasteiger partial charge on any atom is -0.493 e. The predicted molar refractivity (Wildman–Crippen MR) is 72.9 cm³/mol. The number of rotatable bonds is 4. The van der Waals surface area contributed by atoms with Crippen LogP contribution in [0.1, 0.15) is 5.82 Å². The zero-order chi connectivity index (χ0) is 14.0. The number of aromatic nitrogens is 2. The summed E-state index contributed by atoms with van der Waals surface area (Å²) in [5.41, 5.74) is 0.418. The van der Waals surface area contributed by atoms with Gasteiger partial charge in [-0.15, -0.1) is 0 Å². The Balaban J connectivity index is 2.63. The molecule has 2 rings (SSSR count). The molecule has 0 spiro atoms. The highest BCUT2D eigenvalue weighted by atomic mass is 16.5. The van der Waals surface area contributed by atoms with E-state index in [0.29, 0.717) is 34.8 Å². The molecule has 0 saturated carbocycles. The van der Waals surface area contributed by atoms with Gasteiger partial charge in [0.05, 0.1) is 31.7 Å². The molecule has 1 heterocycles. The Morgan fingerprint density at radius 1 is 1.21 bits per heavy atom. The Morgan fingerprint density at radius 2 is 1.84 bits per heavy atom. The van der Waals surface area contributed by atoms with Gasteiger partial charge in [0.1, 0.15) is 5.82 Å². The van der Waals surface area contributed by atoms with Gasteiger partial charge in [0.25, 0.3) is 5.56 Å². The van der Waals surface area contributed by atoms with Crippen LogP contribution in [-0.4, -0.2) is 43.2 Å². The number of benzene rings is 1. The van der Waals surface area contributed by atoms with E-state index in [4.69, 9.17) is 9.47 Å². The summed E-state index contributed by atoms with van der Waals surface area (Å²) in [5, 5.41) is 0.486. The van der Waals surface area contributed by atoms with Crippen LogP contribution in [0.2, 0.25) is 0 Å². The van der Waals surface area contributed by atoms with E-state index in [1.54, 1.807) is 19.2 Å². The second-order valence-electron chi connectivity index (χ2n) is 4.47.